The molecule has 1 aliphatic carbocycles. The molecule has 0 aliphatic heterocycles. The number of nitriles is 1. The molecule has 1 unspecified atom stereocenters. The maximum Gasteiger partial charge on any atom is 0.0991 e. The van der Waals surface area contributed by atoms with Gasteiger partial charge in [-0.25, -0.2) is 0 Å². The van der Waals surface area contributed by atoms with Gasteiger partial charge < -0.3 is 0 Å². The number of alkyl halides is 1. The van der Waals surface area contributed by atoms with Gasteiger partial charge in [-0.15, -0.1) is 11.6 Å². The SMILES string of the molecule is C=CC1=C(/C(C#N)=C\CCl)C[C@H](C)C1Cc1ccc(C)cc1. The van der Waals surface area contributed by atoms with E-state index in [0.717, 1.165) is 18.4 Å². The summed E-state index contributed by atoms with van der Waals surface area (Å²) in [5, 5.41) is 9.38. The molecule has 1 nitrogen and oxygen atoms in total. The molecule has 0 amide bonds. The fourth-order valence-electron chi connectivity index (χ4n) is 3.26. The van der Waals surface area contributed by atoms with Gasteiger partial charge in [0.05, 0.1) is 11.6 Å². The highest BCUT2D eigenvalue weighted by molar-refractivity contribution is 6.19. The Morgan fingerprint density at radius 1 is 1.41 bits per heavy atom. The Kier molecular flexibility index (Phi) is 5.63. The molecular weight excluding hydrogens is 290 g/mol. The molecule has 0 aromatic heterocycles. The predicted molar refractivity (Wildman–Crippen MR) is 93.8 cm³/mol. The maximum atomic E-state index is 9.38. The summed E-state index contributed by atoms with van der Waals surface area (Å²) in [5.74, 6) is 1.30. The maximum absolute atomic E-state index is 9.38. The molecule has 0 saturated heterocycles. The number of hydrogen-bond acceptors (Lipinski definition) is 1. The molecule has 22 heavy (non-hydrogen) atoms. The van der Waals surface area contributed by atoms with Crippen LogP contribution >= 0.6 is 11.6 Å². The Labute approximate surface area is 138 Å². The second-order valence-electron chi connectivity index (χ2n) is 6.00. The molecule has 0 saturated carbocycles. The van der Waals surface area contributed by atoms with Gasteiger partial charge in [0, 0.05) is 5.88 Å². The molecular formula is C20H22ClN. The van der Waals surface area contributed by atoms with Gasteiger partial charge in [0.15, 0.2) is 0 Å². The zero-order valence-corrected chi connectivity index (χ0v) is 14.0. The average molecular weight is 312 g/mol. The van der Waals surface area contributed by atoms with E-state index in [4.69, 9.17) is 11.6 Å². The van der Waals surface area contributed by atoms with E-state index in [9.17, 15) is 5.26 Å². The number of halogens is 1. The molecule has 2 rings (SSSR count). The van der Waals surface area contributed by atoms with Crippen LogP contribution in [0.2, 0.25) is 0 Å². The lowest BCUT2D eigenvalue weighted by Crippen LogP contribution is -2.10. The van der Waals surface area contributed by atoms with Crippen LogP contribution in [0.25, 0.3) is 0 Å². The highest BCUT2D eigenvalue weighted by Gasteiger charge is 2.31. The van der Waals surface area contributed by atoms with Gasteiger partial charge >= 0.3 is 0 Å². The molecule has 0 bridgehead atoms. The fraction of sp³-hybridized carbons (Fsp3) is 0.350. The molecule has 2 heteroatoms. The Morgan fingerprint density at radius 3 is 2.64 bits per heavy atom. The largest absolute Gasteiger partial charge is 0.192 e. The first-order valence-electron chi connectivity index (χ1n) is 7.68. The van der Waals surface area contributed by atoms with Crippen LogP contribution in [-0.4, -0.2) is 5.88 Å². The van der Waals surface area contributed by atoms with Crippen molar-refractivity contribution in [3.63, 3.8) is 0 Å². The Bertz CT molecular complexity index is 643. The average Bonchev–Trinajstić information content (AvgIpc) is 2.83. The van der Waals surface area contributed by atoms with Crippen LogP contribution in [0.3, 0.4) is 0 Å². The minimum atomic E-state index is 0.369. The van der Waals surface area contributed by atoms with Crippen LogP contribution in [0.5, 0.6) is 0 Å². The molecule has 1 aromatic carbocycles. The molecule has 0 spiro atoms. The third kappa shape index (κ3) is 3.51. The molecule has 1 aromatic rings. The van der Waals surface area contributed by atoms with Crippen LogP contribution in [0.15, 0.2) is 59.7 Å². The second kappa shape index (κ2) is 7.47. The number of allylic oxidation sites excluding steroid dienone is 5. The number of benzene rings is 1. The number of rotatable bonds is 5. The van der Waals surface area contributed by atoms with Crippen LogP contribution < -0.4 is 0 Å². The van der Waals surface area contributed by atoms with Gasteiger partial charge in [0.25, 0.3) is 0 Å². The minimum Gasteiger partial charge on any atom is -0.192 e. The molecule has 0 heterocycles. The summed E-state index contributed by atoms with van der Waals surface area (Å²) >= 11 is 5.79. The van der Waals surface area contributed by atoms with Crippen molar-refractivity contribution in [2.24, 2.45) is 11.8 Å². The van der Waals surface area contributed by atoms with Gasteiger partial charge in [-0.3, -0.25) is 0 Å². The van der Waals surface area contributed by atoms with E-state index < -0.39 is 0 Å². The normalized spacial score (nSPS) is 21.8. The monoisotopic (exact) mass is 311 g/mol. The highest BCUT2D eigenvalue weighted by Crippen LogP contribution is 2.42. The van der Waals surface area contributed by atoms with Crippen molar-refractivity contribution in [1.82, 2.24) is 0 Å². The number of hydrogen-bond donors (Lipinski definition) is 0. The van der Waals surface area contributed by atoms with Crippen molar-refractivity contribution in [3.8, 4) is 6.07 Å². The summed E-state index contributed by atoms with van der Waals surface area (Å²) in [4.78, 5) is 0. The minimum absolute atomic E-state index is 0.369. The van der Waals surface area contributed by atoms with Gasteiger partial charge in [-0.05, 0) is 48.3 Å². The fourth-order valence-corrected chi connectivity index (χ4v) is 3.41. The Morgan fingerprint density at radius 2 is 2.09 bits per heavy atom. The van der Waals surface area contributed by atoms with E-state index in [1.165, 1.54) is 16.7 Å². The summed E-state index contributed by atoms with van der Waals surface area (Å²) in [7, 11) is 0. The lowest BCUT2D eigenvalue weighted by Gasteiger charge is -2.18. The van der Waals surface area contributed by atoms with E-state index in [1.807, 2.05) is 6.08 Å². The van der Waals surface area contributed by atoms with Crippen molar-refractivity contribution < 1.29 is 0 Å². The van der Waals surface area contributed by atoms with Gasteiger partial charge in [0.2, 0.25) is 0 Å². The lowest BCUT2D eigenvalue weighted by atomic mass is 9.86. The molecule has 0 N–H and O–H groups in total. The van der Waals surface area contributed by atoms with Crippen LogP contribution in [0.4, 0.5) is 0 Å². The third-order valence-corrected chi connectivity index (χ3v) is 4.64. The lowest BCUT2D eigenvalue weighted by molar-refractivity contribution is 0.447. The van der Waals surface area contributed by atoms with Gasteiger partial charge in [-0.2, -0.15) is 5.26 Å². The van der Waals surface area contributed by atoms with Crippen molar-refractivity contribution in [1.29, 1.82) is 5.26 Å². The second-order valence-corrected chi connectivity index (χ2v) is 6.31. The van der Waals surface area contributed by atoms with Crippen LogP contribution in [-0.2, 0) is 6.42 Å². The standard InChI is InChI=1S/C20H22ClN/c1-4-18-19(12-16-7-5-14(2)6-8-16)15(3)11-20(18)17(13-22)9-10-21/h4-9,15,19H,1,10-12H2,2-3H3/b17-9-/t15-,19?/m0/s1. The first-order chi connectivity index (χ1) is 10.6. The van der Waals surface area contributed by atoms with Gasteiger partial charge in [0.1, 0.15) is 0 Å². The van der Waals surface area contributed by atoms with Crippen molar-refractivity contribution >= 4 is 11.6 Å². The summed E-state index contributed by atoms with van der Waals surface area (Å²) in [6, 6.07) is 11.0. The molecule has 114 valence electrons. The quantitative estimate of drug-likeness (QED) is 0.530. The molecule has 2 atom stereocenters. The zero-order valence-electron chi connectivity index (χ0n) is 13.3. The van der Waals surface area contributed by atoms with E-state index >= 15 is 0 Å². The summed E-state index contributed by atoms with van der Waals surface area (Å²) < 4.78 is 0. The van der Waals surface area contributed by atoms with Crippen molar-refractivity contribution in [2.45, 2.75) is 26.7 Å². The summed E-state index contributed by atoms with van der Waals surface area (Å²) in [6.07, 6.45) is 5.65. The van der Waals surface area contributed by atoms with Crippen molar-refractivity contribution in [2.75, 3.05) is 5.88 Å². The number of nitrogens with zero attached hydrogens (tertiary/aromatic N) is 1. The Balaban J connectivity index is 2.32. The van der Waals surface area contributed by atoms with E-state index in [1.54, 1.807) is 6.08 Å². The smallest absolute Gasteiger partial charge is 0.0991 e. The van der Waals surface area contributed by atoms with Crippen molar-refractivity contribution in [3.05, 3.63) is 70.8 Å². The third-order valence-electron chi connectivity index (χ3n) is 4.48. The number of aryl methyl sites for hydroxylation is 1. The first-order valence-corrected chi connectivity index (χ1v) is 8.21. The van der Waals surface area contributed by atoms with Crippen LogP contribution in [0.1, 0.15) is 24.5 Å². The molecule has 0 radical (unpaired) electrons. The van der Waals surface area contributed by atoms with E-state index in [-0.39, 0.29) is 0 Å². The Hall–Kier alpha value is -1.78. The first kappa shape index (κ1) is 16.6. The highest BCUT2D eigenvalue weighted by atomic mass is 35.5. The zero-order chi connectivity index (χ0) is 16.1. The van der Waals surface area contributed by atoms with Gasteiger partial charge in [-0.1, -0.05) is 55.5 Å². The summed E-state index contributed by atoms with van der Waals surface area (Å²) in [6.45, 7) is 8.34. The molecule has 1 aliphatic rings. The molecule has 0 fully saturated rings. The predicted octanol–water partition coefficient (Wildman–Crippen LogP) is 5.36. The van der Waals surface area contributed by atoms with E-state index in [2.05, 4.69) is 50.8 Å². The summed E-state index contributed by atoms with van der Waals surface area (Å²) in [5.41, 5.74) is 5.67. The van der Waals surface area contributed by atoms with E-state index in [0.29, 0.717) is 23.3 Å². The topological polar surface area (TPSA) is 23.8 Å². The van der Waals surface area contributed by atoms with Crippen LogP contribution in [0, 0.1) is 30.1 Å².